The Labute approximate surface area is 75.9 Å². The lowest BCUT2D eigenvalue weighted by molar-refractivity contribution is 1.10. The van der Waals surface area contributed by atoms with Crippen molar-refractivity contribution >= 4 is 25.5 Å². The van der Waals surface area contributed by atoms with E-state index >= 15 is 0 Å². The van der Waals surface area contributed by atoms with Crippen molar-refractivity contribution in [2.24, 2.45) is 4.99 Å². The molecule has 0 atom stereocenters. The Balaban J connectivity index is 4.15. The summed E-state index contributed by atoms with van der Waals surface area (Å²) in [5.74, 6) is 0. The van der Waals surface area contributed by atoms with Crippen molar-refractivity contribution in [2.75, 3.05) is 6.17 Å². The first-order valence-electron chi connectivity index (χ1n) is 4.28. The summed E-state index contributed by atoms with van der Waals surface area (Å²) in [6.45, 7) is 6.83. The van der Waals surface area contributed by atoms with E-state index in [2.05, 4.69) is 43.1 Å². The molecule has 0 aromatic heterocycles. The average Bonchev–Trinajstić information content (AvgIpc) is 2.08. The van der Waals surface area contributed by atoms with E-state index in [9.17, 15) is 0 Å². The van der Waals surface area contributed by atoms with Crippen LogP contribution in [0.1, 0.15) is 20.8 Å². The van der Waals surface area contributed by atoms with Gasteiger partial charge in [-0.3, -0.25) is 0 Å². The summed E-state index contributed by atoms with van der Waals surface area (Å²) in [5.41, 5.74) is 0. The molecule has 64 valence electrons. The highest BCUT2D eigenvalue weighted by molar-refractivity contribution is 7.78. The van der Waals surface area contributed by atoms with Gasteiger partial charge in [0, 0.05) is 6.17 Å². The zero-order valence-corrected chi connectivity index (χ0v) is 9.50. The van der Waals surface area contributed by atoms with Gasteiger partial charge in [0.1, 0.15) is 0 Å². The van der Waals surface area contributed by atoms with Crippen LogP contribution >= 0.6 is 12.2 Å². The van der Waals surface area contributed by atoms with Gasteiger partial charge in [0.25, 0.3) is 0 Å². The number of nitrogens with zero attached hydrogens (tertiary/aromatic N) is 1. The van der Waals surface area contributed by atoms with Gasteiger partial charge < -0.3 is 0 Å². The van der Waals surface area contributed by atoms with Gasteiger partial charge in [-0.25, -0.2) is 4.99 Å². The third kappa shape index (κ3) is 3.28. The topological polar surface area (TPSA) is 12.4 Å². The number of rotatable bonds is 5. The van der Waals surface area contributed by atoms with Crippen LogP contribution in [-0.4, -0.2) is 19.4 Å². The van der Waals surface area contributed by atoms with Crippen LogP contribution in [0.5, 0.6) is 0 Å². The highest BCUT2D eigenvalue weighted by Crippen LogP contribution is 2.19. The number of isothiocyanates is 1. The Morgan fingerprint density at radius 1 is 1.18 bits per heavy atom. The Bertz CT molecular complexity index is 140. The smallest absolute Gasteiger partial charge is 0.0786 e. The predicted octanol–water partition coefficient (Wildman–Crippen LogP) is 3.14. The molecule has 11 heavy (non-hydrogen) atoms. The van der Waals surface area contributed by atoms with Gasteiger partial charge >= 0.3 is 0 Å². The number of hydrogen-bond donors (Lipinski definition) is 0. The molecule has 0 aromatic rings. The van der Waals surface area contributed by atoms with Gasteiger partial charge in [0.15, 0.2) is 0 Å². The lowest BCUT2D eigenvalue weighted by Gasteiger charge is -2.24. The van der Waals surface area contributed by atoms with Gasteiger partial charge in [-0.1, -0.05) is 38.9 Å². The molecule has 0 aromatic carbocycles. The van der Waals surface area contributed by atoms with Crippen molar-refractivity contribution in [1.29, 1.82) is 0 Å². The van der Waals surface area contributed by atoms with Crippen molar-refractivity contribution in [3.63, 3.8) is 0 Å². The van der Waals surface area contributed by atoms with Crippen molar-refractivity contribution in [3.8, 4) is 0 Å². The van der Waals surface area contributed by atoms with E-state index in [0.29, 0.717) is 0 Å². The molecule has 0 aliphatic heterocycles. The predicted molar refractivity (Wildman–Crippen MR) is 57.1 cm³/mol. The lowest BCUT2D eigenvalue weighted by atomic mass is 10.9. The minimum absolute atomic E-state index is 0.986. The quantitative estimate of drug-likeness (QED) is 0.366. The van der Waals surface area contributed by atoms with Crippen LogP contribution in [0.25, 0.3) is 0 Å². The molecule has 0 aliphatic carbocycles. The summed E-state index contributed by atoms with van der Waals surface area (Å²) in [4.78, 5) is 4.08. The lowest BCUT2D eigenvalue weighted by Crippen LogP contribution is -2.35. The van der Waals surface area contributed by atoms with Crippen LogP contribution in [0.3, 0.4) is 0 Å². The molecule has 0 rings (SSSR count). The maximum absolute atomic E-state index is 4.57. The molecule has 0 saturated carbocycles. The van der Waals surface area contributed by atoms with Gasteiger partial charge in [-0.2, -0.15) is 0 Å². The SMILES string of the molecule is CC[Si](CC)(CC)CN=C=S. The number of hydrogen-bond acceptors (Lipinski definition) is 2. The fourth-order valence-corrected chi connectivity index (χ4v) is 4.05. The normalized spacial score (nSPS) is 10.8. The van der Waals surface area contributed by atoms with Crippen molar-refractivity contribution in [1.82, 2.24) is 0 Å². The van der Waals surface area contributed by atoms with Crippen LogP contribution in [0, 0.1) is 0 Å². The van der Waals surface area contributed by atoms with Gasteiger partial charge in [-0.15, -0.1) is 0 Å². The monoisotopic (exact) mass is 187 g/mol. The molecule has 0 fully saturated rings. The molecule has 1 nitrogen and oxygen atoms in total. The summed E-state index contributed by atoms with van der Waals surface area (Å²) in [5, 5.41) is 2.47. The fraction of sp³-hybridized carbons (Fsp3) is 0.875. The van der Waals surface area contributed by atoms with E-state index in [0.717, 1.165) is 6.17 Å². The van der Waals surface area contributed by atoms with E-state index in [4.69, 9.17) is 0 Å². The molecule has 0 saturated heterocycles. The van der Waals surface area contributed by atoms with Crippen molar-refractivity contribution in [2.45, 2.75) is 38.9 Å². The number of aliphatic imine (C=N–C) groups is 1. The van der Waals surface area contributed by atoms with Crippen LogP contribution in [0.2, 0.25) is 18.1 Å². The summed E-state index contributed by atoms with van der Waals surface area (Å²) in [7, 11) is -1.03. The molecule has 3 heteroatoms. The first-order valence-corrected chi connectivity index (χ1v) is 7.52. The highest BCUT2D eigenvalue weighted by atomic mass is 32.1. The molecule has 0 aliphatic rings. The molecule has 0 amide bonds. The van der Waals surface area contributed by atoms with Gasteiger partial charge in [0.2, 0.25) is 0 Å². The van der Waals surface area contributed by atoms with Crippen LogP contribution < -0.4 is 0 Å². The van der Waals surface area contributed by atoms with E-state index in [1.807, 2.05) is 0 Å². The van der Waals surface area contributed by atoms with Crippen molar-refractivity contribution in [3.05, 3.63) is 0 Å². The van der Waals surface area contributed by atoms with E-state index in [1.54, 1.807) is 0 Å². The fourth-order valence-electron chi connectivity index (χ4n) is 1.29. The van der Waals surface area contributed by atoms with Crippen LogP contribution in [0.15, 0.2) is 4.99 Å². The first kappa shape index (κ1) is 11.0. The molecular formula is C8H17NSSi. The van der Waals surface area contributed by atoms with Gasteiger partial charge in [0.05, 0.1) is 13.2 Å². The zero-order valence-electron chi connectivity index (χ0n) is 7.68. The summed E-state index contributed by atoms with van der Waals surface area (Å²) in [6.07, 6.45) is 0.986. The van der Waals surface area contributed by atoms with Crippen LogP contribution in [0.4, 0.5) is 0 Å². The largest absolute Gasteiger partial charge is 0.236 e. The minimum Gasteiger partial charge on any atom is -0.236 e. The molecule has 0 spiro atoms. The summed E-state index contributed by atoms with van der Waals surface area (Å²) < 4.78 is 0. The average molecular weight is 187 g/mol. The van der Waals surface area contributed by atoms with E-state index in [1.165, 1.54) is 18.1 Å². The Hall–Kier alpha value is 0.0169. The molecule has 0 unspecified atom stereocenters. The Morgan fingerprint density at radius 3 is 1.91 bits per heavy atom. The maximum Gasteiger partial charge on any atom is 0.0786 e. The third-order valence-corrected chi connectivity index (χ3v) is 8.19. The van der Waals surface area contributed by atoms with E-state index in [-0.39, 0.29) is 0 Å². The number of thiocarbonyl (C=S) groups is 1. The summed E-state index contributed by atoms with van der Waals surface area (Å²) in [6, 6.07) is 3.96. The molecule has 0 N–H and O–H groups in total. The molecular weight excluding hydrogens is 170 g/mol. The standard InChI is InChI=1S/C8H17NSSi/c1-4-11(5-2,6-3)8-9-7-10/h4-6,8H2,1-3H3. The first-order chi connectivity index (χ1) is 5.24. The molecule has 0 heterocycles. The minimum atomic E-state index is -1.03. The van der Waals surface area contributed by atoms with Gasteiger partial charge in [-0.05, 0) is 12.2 Å². The molecule has 0 radical (unpaired) electrons. The molecule has 0 bridgehead atoms. The second-order valence-corrected chi connectivity index (χ2v) is 8.59. The van der Waals surface area contributed by atoms with E-state index < -0.39 is 8.07 Å². The van der Waals surface area contributed by atoms with Crippen molar-refractivity contribution < 1.29 is 0 Å². The Morgan fingerprint density at radius 2 is 1.64 bits per heavy atom. The Kier molecular flexibility index (Phi) is 5.65. The third-order valence-electron chi connectivity index (χ3n) is 2.73. The zero-order chi connectivity index (χ0) is 8.74. The van der Waals surface area contributed by atoms with Crippen LogP contribution in [-0.2, 0) is 0 Å². The second-order valence-electron chi connectivity index (χ2n) is 2.97. The highest BCUT2D eigenvalue weighted by Gasteiger charge is 2.25. The second kappa shape index (κ2) is 5.64. The summed E-state index contributed by atoms with van der Waals surface area (Å²) >= 11 is 4.57. The maximum atomic E-state index is 4.57.